The van der Waals surface area contributed by atoms with Crippen molar-refractivity contribution in [2.75, 3.05) is 26.0 Å². The molecule has 2 rings (SSSR count). The lowest BCUT2D eigenvalue weighted by atomic mass is 9.87. The number of methoxy groups -OCH3 is 1. The highest BCUT2D eigenvalue weighted by Gasteiger charge is 2.29. The molecular weight excluding hydrogens is 258 g/mol. The molecule has 1 aromatic carbocycles. The van der Waals surface area contributed by atoms with Crippen LogP contribution in [-0.4, -0.2) is 36.4 Å². The number of benzene rings is 1. The first-order valence-electron chi connectivity index (χ1n) is 6.92. The summed E-state index contributed by atoms with van der Waals surface area (Å²) in [5.74, 6) is 1.76. The largest absolute Gasteiger partial charge is 0.497 e. The fourth-order valence-corrected chi connectivity index (χ4v) is 3.87. The number of fused-ring (bicyclic) bond motifs is 1. The monoisotopic (exact) mass is 281 g/mol. The number of hydrogen-bond donors (Lipinski definition) is 2. The second-order valence-electron chi connectivity index (χ2n) is 4.77. The Morgan fingerprint density at radius 3 is 3.00 bits per heavy atom. The Bertz CT molecular complexity index is 411. The van der Waals surface area contributed by atoms with Crippen molar-refractivity contribution in [1.29, 1.82) is 0 Å². The molecule has 0 aromatic heterocycles. The van der Waals surface area contributed by atoms with E-state index in [1.54, 1.807) is 7.11 Å². The minimum Gasteiger partial charge on any atom is -0.497 e. The van der Waals surface area contributed by atoms with Crippen molar-refractivity contribution < 1.29 is 9.84 Å². The van der Waals surface area contributed by atoms with Crippen LogP contribution in [0, 0.1) is 0 Å². The highest BCUT2D eigenvalue weighted by Crippen LogP contribution is 2.38. The molecule has 0 saturated heterocycles. The molecule has 1 aliphatic carbocycles. The van der Waals surface area contributed by atoms with Gasteiger partial charge in [0, 0.05) is 17.0 Å². The molecule has 0 saturated carbocycles. The van der Waals surface area contributed by atoms with Gasteiger partial charge < -0.3 is 15.2 Å². The zero-order chi connectivity index (χ0) is 13.7. The van der Waals surface area contributed by atoms with E-state index in [0.29, 0.717) is 11.3 Å². The van der Waals surface area contributed by atoms with Gasteiger partial charge in [0.15, 0.2) is 0 Å². The Labute approximate surface area is 119 Å². The second kappa shape index (κ2) is 7.17. The van der Waals surface area contributed by atoms with E-state index >= 15 is 0 Å². The van der Waals surface area contributed by atoms with Gasteiger partial charge in [-0.1, -0.05) is 13.0 Å². The van der Waals surface area contributed by atoms with Gasteiger partial charge in [-0.3, -0.25) is 0 Å². The Kier molecular flexibility index (Phi) is 5.55. The Balaban J connectivity index is 2.21. The van der Waals surface area contributed by atoms with Gasteiger partial charge in [-0.15, -0.1) is 0 Å². The maximum absolute atomic E-state index is 9.02. The van der Waals surface area contributed by atoms with Crippen LogP contribution in [-0.2, 0) is 6.42 Å². The molecule has 1 aromatic rings. The average Bonchev–Trinajstić information content (AvgIpc) is 2.46. The maximum Gasteiger partial charge on any atom is 0.119 e. The average molecular weight is 281 g/mol. The number of aliphatic hydroxyl groups is 1. The summed E-state index contributed by atoms with van der Waals surface area (Å²) < 4.78 is 5.31. The summed E-state index contributed by atoms with van der Waals surface area (Å²) in [5, 5.41) is 13.2. The number of thioether (sulfide) groups is 1. The lowest BCUT2D eigenvalue weighted by Gasteiger charge is -2.34. The summed E-state index contributed by atoms with van der Waals surface area (Å²) in [6.45, 7) is 3.37. The first-order chi connectivity index (χ1) is 9.30. The molecule has 4 heteroatoms. The van der Waals surface area contributed by atoms with Crippen molar-refractivity contribution in [3.8, 4) is 5.75 Å². The number of ether oxygens (including phenoxy) is 1. The quantitative estimate of drug-likeness (QED) is 0.840. The van der Waals surface area contributed by atoms with Gasteiger partial charge in [0.2, 0.25) is 0 Å². The van der Waals surface area contributed by atoms with Gasteiger partial charge in [-0.2, -0.15) is 11.8 Å². The molecule has 19 heavy (non-hydrogen) atoms. The Morgan fingerprint density at radius 2 is 2.32 bits per heavy atom. The molecule has 106 valence electrons. The minimum atomic E-state index is 0.259. The first kappa shape index (κ1) is 14.7. The molecule has 0 amide bonds. The molecule has 2 N–H and O–H groups in total. The highest BCUT2D eigenvalue weighted by atomic mass is 32.2. The number of aryl methyl sites for hydroxylation is 1. The number of rotatable bonds is 6. The summed E-state index contributed by atoms with van der Waals surface area (Å²) >= 11 is 1.88. The van der Waals surface area contributed by atoms with Crippen LogP contribution in [0.15, 0.2) is 18.2 Å². The van der Waals surface area contributed by atoms with Crippen LogP contribution < -0.4 is 10.1 Å². The second-order valence-corrected chi connectivity index (χ2v) is 6.12. The zero-order valence-corrected chi connectivity index (χ0v) is 12.5. The summed E-state index contributed by atoms with van der Waals surface area (Å²) in [5.41, 5.74) is 2.79. The number of hydrogen-bond acceptors (Lipinski definition) is 4. The van der Waals surface area contributed by atoms with Gasteiger partial charge in [0.05, 0.1) is 13.7 Å². The van der Waals surface area contributed by atoms with E-state index in [0.717, 1.165) is 30.9 Å². The molecule has 1 aliphatic rings. The van der Waals surface area contributed by atoms with Crippen molar-refractivity contribution >= 4 is 11.8 Å². The van der Waals surface area contributed by atoms with E-state index in [4.69, 9.17) is 9.84 Å². The van der Waals surface area contributed by atoms with Gasteiger partial charge in [-0.25, -0.2) is 0 Å². The smallest absolute Gasteiger partial charge is 0.119 e. The molecule has 0 fully saturated rings. The van der Waals surface area contributed by atoms with Crippen LogP contribution in [0.3, 0.4) is 0 Å². The molecule has 0 radical (unpaired) electrons. The lowest BCUT2D eigenvalue weighted by molar-refractivity contribution is 0.322. The third kappa shape index (κ3) is 3.44. The van der Waals surface area contributed by atoms with E-state index in [1.807, 2.05) is 17.8 Å². The van der Waals surface area contributed by atoms with Gasteiger partial charge in [0.25, 0.3) is 0 Å². The lowest BCUT2D eigenvalue weighted by Crippen LogP contribution is -2.34. The van der Waals surface area contributed by atoms with E-state index in [-0.39, 0.29) is 6.61 Å². The predicted molar refractivity (Wildman–Crippen MR) is 81.1 cm³/mol. The molecule has 2 atom stereocenters. The predicted octanol–water partition coefficient (Wildman–Crippen LogP) is 2.39. The summed E-state index contributed by atoms with van der Waals surface area (Å²) in [6, 6.07) is 6.78. The maximum atomic E-state index is 9.02. The standard InChI is InChI=1S/C15H23NO2S/c1-3-16-15-13-6-5-12(18-2)10-11(13)4-7-14(15)19-9-8-17/h5-6,10,14-17H,3-4,7-9H2,1-2H3. The third-order valence-electron chi connectivity index (χ3n) is 3.60. The van der Waals surface area contributed by atoms with Gasteiger partial charge in [0.1, 0.15) is 5.75 Å². The fraction of sp³-hybridized carbons (Fsp3) is 0.600. The summed E-state index contributed by atoms with van der Waals surface area (Å²) in [6.07, 6.45) is 2.25. The van der Waals surface area contributed by atoms with Crippen molar-refractivity contribution in [1.82, 2.24) is 5.32 Å². The molecule has 0 spiro atoms. The molecular formula is C15H23NO2S. The number of nitrogens with one attached hydrogen (secondary N) is 1. The van der Waals surface area contributed by atoms with Crippen LogP contribution in [0.25, 0.3) is 0 Å². The number of aliphatic hydroxyl groups excluding tert-OH is 1. The topological polar surface area (TPSA) is 41.5 Å². The van der Waals surface area contributed by atoms with Gasteiger partial charge >= 0.3 is 0 Å². The molecule has 2 unspecified atom stereocenters. The highest BCUT2D eigenvalue weighted by molar-refractivity contribution is 7.99. The van der Waals surface area contributed by atoms with Crippen molar-refractivity contribution in [3.05, 3.63) is 29.3 Å². The van der Waals surface area contributed by atoms with Crippen molar-refractivity contribution in [2.45, 2.75) is 31.1 Å². The van der Waals surface area contributed by atoms with Crippen LogP contribution in [0.4, 0.5) is 0 Å². The molecule has 0 heterocycles. The van der Waals surface area contributed by atoms with E-state index in [1.165, 1.54) is 11.1 Å². The Morgan fingerprint density at radius 1 is 1.47 bits per heavy atom. The molecule has 0 aliphatic heterocycles. The normalized spacial score (nSPS) is 22.1. The fourth-order valence-electron chi connectivity index (χ4n) is 2.74. The SMILES string of the molecule is CCNC1c2ccc(OC)cc2CCC1SCCO. The zero-order valence-electron chi connectivity index (χ0n) is 11.7. The minimum absolute atomic E-state index is 0.259. The summed E-state index contributed by atoms with van der Waals surface area (Å²) in [4.78, 5) is 0. The van der Waals surface area contributed by atoms with Gasteiger partial charge in [-0.05, 0) is 42.6 Å². The summed E-state index contributed by atoms with van der Waals surface area (Å²) in [7, 11) is 1.71. The van der Waals surface area contributed by atoms with Crippen molar-refractivity contribution in [2.24, 2.45) is 0 Å². The Hall–Kier alpha value is -0.710. The van der Waals surface area contributed by atoms with E-state index < -0.39 is 0 Å². The first-order valence-corrected chi connectivity index (χ1v) is 7.97. The van der Waals surface area contributed by atoms with Crippen LogP contribution in [0.2, 0.25) is 0 Å². The molecule has 0 bridgehead atoms. The van der Waals surface area contributed by atoms with Crippen LogP contribution in [0.1, 0.15) is 30.5 Å². The van der Waals surface area contributed by atoms with E-state index in [2.05, 4.69) is 24.4 Å². The van der Waals surface area contributed by atoms with Crippen molar-refractivity contribution in [3.63, 3.8) is 0 Å². The molecule has 3 nitrogen and oxygen atoms in total. The third-order valence-corrected chi connectivity index (χ3v) is 4.96. The van der Waals surface area contributed by atoms with Crippen LogP contribution in [0.5, 0.6) is 5.75 Å². The van der Waals surface area contributed by atoms with Crippen LogP contribution >= 0.6 is 11.8 Å². The van der Waals surface area contributed by atoms with E-state index in [9.17, 15) is 0 Å².